The van der Waals surface area contributed by atoms with Crippen LogP contribution in [0.2, 0.25) is 0 Å². The molecule has 2 aromatic carbocycles. The number of carbonyl (C=O) groups is 1. The van der Waals surface area contributed by atoms with Crippen LogP contribution >= 0.6 is 0 Å². The van der Waals surface area contributed by atoms with Gasteiger partial charge < -0.3 is 4.74 Å². The number of aromatic nitrogens is 4. The number of hydrogen-bond donors (Lipinski definition) is 1. The second-order valence-electron chi connectivity index (χ2n) is 5.97. The van der Waals surface area contributed by atoms with Crippen LogP contribution < -0.4 is 15.7 Å². The van der Waals surface area contributed by atoms with Crippen molar-refractivity contribution in [2.75, 3.05) is 12.0 Å². The average molecular weight is 397 g/mol. The lowest BCUT2D eigenvalue weighted by molar-refractivity contribution is -0.119. The molecule has 1 N–H and O–H groups in total. The number of hydrogen-bond acceptors (Lipinski definition) is 5. The Morgan fingerprint density at radius 3 is 2.38 bits per heavy atom. The highest BCUT2D eigenvalue weighted by atomic mass is 19.1. The molecule has 1 amide bonds. The van der Waals surface area contributed by atoms with Gasteiger partial charge in [-0.2, -0.15) is 5.10 Å². The Kier molecular flexibility index (Phi) is 4.73. The highest BCUT2D eigenvalue weighted by molar-refractivity contribution is 5.85. The Morgan fingerprint density at radius 2 is 1.69 bits per heavy atom. The fourth-order valence-corrected chi connectivity index (χ4v) is 2.61. The van der Waals surface area contributed by atoms with Crippen LogP contribution in [0, 0.1) is 11.6 Å². The Morgan fingerprint density at radius 1 is 1.03 bits per heavy atom. The van der Waals surface area contributed by atoms with E-state index in [4.69, 9.17) is 4.74 Å². The summed E-state index contributed by atoms with van der Waals surface area (Å²) in [4.78, 5) is 28.8. The first-order chi connectivity index (χ1) is 14.0. The van der Waals surface area contributed by atoms with E-state index in [1.165, 1.54) is 59.4 Å². The lowest BCUT2D eigenvalue weighted by Gasteiger charge is -2.09. The highest BCUT2D eigenvalue weighted by Crippen LogP contribution is 2.14. The van der Waals surface area contributed by atoms with Gasteiger partial charge in [0.15, 0.2) is 12.3 Å². The molecule has 2 heterocycles. The largest absolute Gasteiger partial charge is 0.484 e. The normalized spacial score (nSPS) is 10.8. The number of amides is 1. The zero-order valence-electron chi connectivity index (χ0n) is 14.8. The number of nitrogens with zero attached hydrogens (tertiary/aromatic N) is 4. The maximum absolute atomic E-state index is 13.1. The molecule has 146 valence electrons. The lowest BCUT2D eigenvalue weighted by Crippen LogP contribution is -2.35. The van der Waals surface area contributed by atoms with Crippen LogP contribution in [0.3, 0.4) is 0 Å². The van der Waals surface area contributed by atoms with Crippen LogP contribution in [-0.4, -0.2) is 32.0 Å². The average Bonchev–Trinajstić information content (AvgIpc) is 3.15. The molecule has 0 atom stereocenters. The van der Waals surface area contributed by atoms with E-state index < -0.39 is 23.1 Å². The van der Waals surface area contributed by atoms with Gasteiger partial charge in [-0.15, -0.1) is 0 Å². The van der Waals surface area contributed by atoms with Gasteiger partial charge in [0.05, 0.1) is 11.9 Å². The number of carbonyl (C=O) groups excluding carboxylic acids is 1. The molecule has 0 bridgehead atoms. The third-order valence-corrected chi connectivity index (χ3v) is 3.99. The molecule has 4 aromatic rings. The summed E-state index contributed by atoms with van der Waals surface area (Å²) >= 11 is 0. The standard InChI is InChI=1S/C19H13F2N5O3/c20-12-1-5-14(6-2-12)26-18-16(9-23-26)19(28)25(11-22-18)24-17(27)10-29-15-7-3-13(21)4-8-15/h1-9,11H,10H2,(H,24,27). The summed E-state index contributed by atoms with van der Waals surface area (Å²) in [7, 11) is 0. The molecule has 0 aliphatic heterocycles. The molecule has 0 unspecified atom stereocenters. The Labute approximate surface area is 162 Å². The maximum atomic E-state index is 13.1. The molecule has 0 saturated heterocycles. The molecule has 8 nitrogen and oxygen atoms in total. The Balaban J connectivity index is 1.52. The maximum Gasteiger partial charge on any atom is 0.283 e. The fourth-order valence-electron chi connectivity index (χ4n) is 2.61. The smallest absolute Gasteiger partial charge is 0.283 e. The van der Waals surface area contributed by atoms with E-state index in [9.17, 15) is 18.4 Å². The van der Waals surface area contributed by atoms with Gasteiger partial charge in [0.2, 0.25) is 0 Å². The summed E-state index contributed by atoms with van der Waals surface area (Å²) in [5.74, 6) is -1.12. The Hall–Kier alpha value is -4.08. The third kappa shape index (κ3) is 3.81. The summed E-state index contributed by atoms with van der Waals surface area (Å²) in [6.45, 7) is -0.384. The van der Waals surface area contributed by atoms with Crippen molar-refractivity contribution in [3.8, 4) is 11.4 Å². The minimum atomic E-state index is -0.608. The summed E-state index contributed by atoms with van der Waals surface area (Å²) in [6.07, 6.45) is 2.45. The minimum Gasteiger partial charge on any atom is -0.484 e. The monoisotopic (exact) mass is 397 g/mol. The van der Waals surface area contributed by atoms with Crippen molar-refractivity contribution in [3.05, 3.63) is 83.0 Å². The van der Waals surface area contributed by atoms with Gasteiger partial charge in [0.1, 0.15) is 29.1 Å². The van der Waals surface area contributed by atoms with Crippen molar-refractivity contribution in [2.45, 2.75) is 0 Å². The molecule has 10 heteroatoms. The molecule has 2 aromatic heterocycles. The van der Waals surface area contributed by atoms with E-state index in [1.807, 2.05) is 0 Å². The first-order valence-corrected chi connectivity index (χ1v) is 8.41. The van der Waals surface area contributed by atoms with Gasteiger partial charge in [-0.05, 0) is 48.5 Å². The lowest BCUT2D eigenvalue weighted by atomic mass is 10.3. The molecule has 4 rings (SSSR count). The molecule has 0 fully saturated rings. The first kappa shape index (κ1) is 18.3. The van der Waals surface area contributed by atoms with Crippen molar-refractivity contribution < 1.29 is 18.3 Å². The fraction of sp³-hybridized carbons (Fsp3) is 0.0526. The summed E-state index contributed by atoms with van der Waals surface area (Å²) in [6, 6.07) is 10.7. The van der Waals surface area contributed by atoms with Gasteiger partial charge in [-0.25, -0.2) is 23.1 Å². The zero-order chi connectivity index (χ0) is 20.4. The van der Waals surface area contributed by atoms with Crippen LogP contribution in [0.4, 0.5) is 8.78 Å². The van der Waals surface area contributed by atoms with E-state index in [0.717, 1.165) is 11.0 Å². The van der Waals surface area contributed by atoms with E-state index in [1.54, 1.807) is 0 Å². The van der Waals surface area contributed by atoms with Gasteiger partial charge in [0.25, 0.3) is 11.5 Å². The molecular formula is C19H13F2N5O3. The zero-order valence-corrected chi connectivity index (χ0v) is 14.8. The second-order valence-corrected chi connectivity index (χ2v) is 5.97. The molecule has 0 saturated carbocycles. The van der Waals surface area contributed by atoms with Gasteiger partial charge in [-0.1, -0.05) is 0 Å². The van der Waals surface area contributed by atoms with Crippen molar-refractivity contribution in [3.63, 3.8) is 0 Å². The second kappa shape index (κ2) is 7.50. The van der Waals surface area contributed by atoms with Gasteiger partial charge in [-0.3, -0.25) is 15.0 Å². The topological polar surface area (TPSA) is 91.0 Å². The number of fused-ring (bicyclic) bond motifs is 1. The highest BCUT2D eigenvalue weighted by Gasteiger charge is 2.13. The predicted molar refractivity (Wildman–Crippen MR) is 99.3 cm³/mol. The van der Waals surface area contributed by atoms with Crippen LogP contribution in [-0.2, 0) is 4.79 Å². The number of rotatable bonds is 5. The molecule has 29 heavy (non-hydrogen) atoms. The van der Waals surface area contributed by atoms with Gasteiger partial charge >= 0.3 is 0 Å². The number of halogens is 2. The summed E-state index contributed by atoms with van der Waals surface area (Å²) in [5.41, 5.74) is 2.60. The number of ether oxygens (including phenoxy) is 1. The molecule has 0 aliphatic rings. The third-order valence-electron chi connectivity index (χ3n) is 3.99. The van der Waals surface area contributed by atoms with Crippen LogP contribution in [0.1, 0.15) is 0 Å². The van der Waals surface area contributed by atoms with Gasteiger partial charge in [0, 0.05) is 0 Å². The number of nitrogens with one attached hydrogen (secondary N) is 1. The first-order valence-electron chi connectivity index (χ1n) is 8.41. The summed E-state index contributed by atoms with van der Waals surface area (Å²) < 4.78 is 33.5. The van der Waals surface area contributed by atoms with E-state index in [0.29, 0.717) is 11.4 Å². The predicted octanol–water partition coefficient (Wildman–Crippen LogP) is 2.01. The minimum absolute atomic E-state index is 0.163. The molecule has 0 radical (unpaired) electrons. The molecule has 0 spiro atoms. The van der Waals surface area contributed by atoms with Crippen molar-refractivity contribution in [1.29, 1.82) is 0 Å². The SMILES string of the molecule is O=C(COc1ccc(F)cc1)Nn1cnc2c(cnn2-c2ccc(F)cc2)c1=O. The molecule has 0 aliphatic carbocycles. The van der Waals surface area contributed by atoms with Crippen LogP contribution in [0.15, 0.2) is 65.8 Å². The van der Waals surface area contributed by atoms with E-state index in [2.05, 4.69) is 15.5 Å². The summed E-state index contributed by atoms with van der Waals surface area (Å²) in [5, 5.41) is 4.27. The van der Waals surface area contributed by atoms with Crippen LogP contribution in [0.25, 0.3) is 16.7 Å². The van der Waals surface area contributed by atoms with Crippen molar-refractivity contribution >= 4 is 16.9 Å². The van der Waals surface area contributed by atoms with Crippen molar-refractivity contribution in [1.82, 2.24) is 19.4 Å². The Bertz CT molecular complexity index is 1230. The van der Waals surface area contributed by atoms with Crippen LogP contribution in [0.5, 0.6) is 5.75 Å². The number of benzene rings is 2. The quantitative estimate of drug-likeness (QED) is 0.556. The van der Waals surface area contributed by atoms with E-state index >= 15 is 0 Å². The van der Waals surface area contributed by atoms with Crippen molar-refractivity contribution in [2.24, 2.45) is 0 Å². The van der Waals surface area contributed by atoms with E-state index in [-0.39, 0.29) is 17.6 Å². The molecular weight excluding hydrogens is 384 g/mol.